The highest BCUT2D eigenvalue weighted by Gasteiger charge is 2.13. The molecule has 0 aromatic heterocycles. The Hall–Kier alpha value is -1.97. The molecule has 4 heteroatoms. The first-order valence-corrected chi connectivity index (χ1v) is 5.18. The van der Waals surface area contributed by atoms with Gasteiger partial charge in [-0.15, -0.1) is 0 Å². The van der Waals surface area contributed by atoms with Gasteiger partial charge in [-0.25, -0.2) is 0 Å². The minimum Gasteiger partial charge on any atom is -0.508 e. The van der Waals surface area contributed by atoms with Crippen molar-refractivity contribution in [2.75, 3.05) is 18.0 Å². The Morgan fingerprint density at radius 1 is 1.19 bits per heavy atom. The molecule has 1 aliphatic heterocycles. The molecular formula is C12H14N2O2. The topological polar surface area (TPSA) is 43.8 Å². The summed E-state index contributed by atoms with van der Waals surface area (Å²) in [7, 11) is 0. The normalized spacial score (nSPS) is 15.3. The van der Waals surface area contributed by atoms with Gasteiger partial charge in [-0.3, -0.25) is 4.79 Å². The van der Waals surface area contributed by atoms with Crippen molar-refractivity contribution in [2.24, 2.45) is 0 Å². The van der Waals surface area contributed by atoms with Crippen LogP contribution < -0.4 is 4.90 Å². The Bertz CT molecular complexity index is 412. The van der Waals surface area contributed by atoms with Crippen LogP contribution in [-0.2, 0) is 4.79 Å². The van der Waals surface area contributed by atoms with Crippen LogP contribution in [0.2, 0.25) is 0 Å². The van der Waals surface area contributed by atoms with E-state index in [-0.39, 0.29) is 11.7 Å². The molecule has 1 aliphatic rings. The van der Waals surface area contributed by atoms with E-state index >= 15 is 0 Å². The number of benzene rings is 1. The molecule has 0 spiro atoms. The smallest absolute Gasteiger partial charge is 0.223 e. The van der Waals surface area contributed by atoms with Gasteiger partial charge < -0.3 is 14.9 Å². The Kier molecular flexibility index (Phi) is 2.81. The van der Waals surface area contributed by atoms with Gasteiger partial charge in [0.15, 0.2) is 0 Å². The Morgan fingerprint density at radius 2 is 1.88 bits per heavy atom. The maximum Gasteiger partial charge on any atom is 0.223 e. The van der Waals surface area contributed by atoms with Gasteiger partial charge in [0.2, 0.25) is 5.91 Å². The lowest BCUT2D eigenvalue weighted by atomic mass is 10.2. The van der Waals surface area contributed by atoms with Gasteiger partial charge >= 0.3 is 0 Å². The molecule has 84 valence electrons. The van der Waals surface area contributed by atoms with Crippen LogP contribution in [0.4, 0.5) is 5.69 Å². The number of nitrogens with zero attached hydrogens (tertiary/aromatic N) is 2. The van der Waals surface area contributed by atoms with E-state index in [2.05, 4.69) is 0 Å². The van der Waals surface area contributed by atoms with Crippen molar-refractivity contribution in [3.63, 3.8) is 0 Å². The molecule has 0 saturated carbocycles. The predicted octanol–water partition coefficient (Wildman–Crippen LogP) is 1.53. The summed E-state index contributed by atoms with van der Waals surface area (Å²) in [4.78, 5) is 14.8. The molecule has 0 unspecified atom stereocenters. The molecule has 0 bridgehead atoms. The summed E-state index contributed by atoms with van der Waals surface area (Å²) in [6, 6.07) is 7.01. The number of carbonyl (C=O) groups excluding carboxylic acids is 1. The number of hydrogen-bond donors (Lipinski definition) is 1. The molecule has 1 aromatic carbocycles. The van der Waals surface area contributed by atoms with Gasteiger partial charge in [-0.1, -0.05) is 0 Å². The van der Waals surface area contributed by atoms with Gasteiger partial charge in [-0.2, -0.15) is 0 Å². The molecule has 4 nitrogen and oxygen atoms in total. The van der Waals surface area contributed by atoms with Gasteiger partial charge in [0.05, 0.1) is 0 Å². The van der Waals surface area contributed by atoms with E-state index < -0.39 is 0 Å². The first-order chi connectivity index (χ1) is 7.66. The van der Waals surface area contributed by atoms with E-state index in [9.17, 15) is 9.90 Å². The molecule has 1 heterocycles. The second kappa shape index (κ2) is 4.26. The summed E-state index contributed by atoms with van der Waals surface area (Å²) in [6.45, 7) is 3.01. The van der Waals surface area contributed by atoms with Gasteiger partial charge in [0.1, 0.15) is 5.75 Å². The fourth-order valence-corrected chi connectivity index (χ4v) is 1.65. The second-order valence-corrected chi connectivity index (χ2v) is 3.72. The number of phenols is 1. The number of rotatable bonds is 1. The number of aromatic hydroxyl groups is 1. The van der Waals surface area contributed by atoms with E-state index in [1.54, 1.807) is 30.2 Å². The quantitative estimate of drug-likeness (QED) is 0.777. The van der Waals surface area contributed by atoms with E-state index in [4.69, 9.17) is 0 Å². The maximum absolute atomic E-state index is 11.1. The Labute approximate surface area is 94.4 Å². The van der Waals surface area contributed by atoms with Crippen LogP contribution in [0.15, 0.2) is 36.7 Å². The van der Waals surface area contributed by atoms with Gasteiger partial charge in [0, 0.05) is 38.1 Å². The molecular weight excluding hydrogens is 204 g/mol. The fourth-order valence-electron chi connectivity index (χ4n) is 1.65. The maximum atomic E-state index is 11.1. The first kappa shape index (κ1) is 10.5. The highest BCUT2D eigenvalue weighted by Crippen LogP contribution is 2.20. The highest BCUT2D eigenvalue weighted by molar-refractivity contribution is 5.74. The average molecular weight is 218 g/mol. The Balaban J connectivity index is 2.11. The monoisotopic (exact) mass is 218 g/mol. The predicted molar refractivity (Wildman–Crippen MR) is 62.0 cm³/mol. The van der Waals surface area contributed by atoms with Crippen molar-refractivity contribution >= 4 is 11.6 Å². The van der Waals surface area contributed by atoms with E-state index in [1.807, 2.05) is 23.2 Å². The summed E-state index contributed by atoms with van der Waals surface area (Å²) in [5.41, 5.74) is 1.01. The van der Waals surface area contributed by atoms with Gasteiger partial charge in [-0.05, 0) is 24.3 Å². The zero-order chi connectivity index (χ0) is 11.5. The third-order valence-electron chi connectivity index (χ3n) is 2.59. The van der Waals surface area contributed by atoms with E-state index in [0.717, 1.165) is 12.2 Å². The molecule has 1 N–H and O–H groups in total. The highest BCUT2D eigenvalue weighted by atomic mass is 16.3. The number of amides is 1. The molecule has 0 fully saturated rings. The zero-order valence-corrected chi connectivity index (χ0v) is 9.13. The van der Waals surface area contributed by atoms with Crippen molar-refractivity contribution < 1.29 is 9.90 Å². The van der Waals surface area contributed by atoms with Crippen LogP contribution in [0.3, 0.4) is 0 Å². The van der Waals surface area contributed by atoms with Crippen molar-refractivity contribution in [3.8, 4) is 5.75 Å². The minimum atomic E-state index is 0.0570. The number of phenolic OH excluding ortho intramolecular Hbond substituents is 1. The lowest BCUT2D eigenvalue weighted by molar-refractivity contribution is -0.126. The van der Waals surface area contributed by atoms with Gasteiger partial charge in [0.25, 0.3) is 0 Å². The summed E-state index contributed by atoms with van der Waals surface area (Å²) < 4.78 is 0. The molecule has 0 saturated heterocycles. The molecule has 16 heavy (non-hydrogen) atoms. The van der Waals surface area contributed by atoms with Crippen molar-refractivity contribution in [3.05, 3.63) is 36.7 Å². The first-order valence-electron chi connectivity index (χ1n) is 5.18. The van der Waals surface area contributed by atoms with Crippen molar-refractivity contribution in [1.29, 1.82) is 0 Å². The standard InChI is InChI=1S/C12H14N2O2/c1-10(15)13-6-8-14(9-7-13)11-2-4-12(16)5-3-11/h2-6,8,16H,7,9H2,1H3. The SMILES string of the molecule is CC(=O)N1C=CN(c2ccc(O)cc2)CC1. The van der Waals surface area contributed by atoms with Crippen LogP contribution in [-0.4, -0.2) is 29.0 Å². The van der Waals surface area contributed by atoms with E-state index in [0.29, 0.717) is 6.54 Å². The summed E-state index contributed by atoms with van der Waals surface area (Å²) in [6.07, 6.45) is 3.65. The summed E-state index contributed by atoms with van der Waals surface area (Å²) in [5.74, 6) is 0.316. The number of carbonyl (C=O) groups is 1. The van der Waals surface area contributed by atoms with Crippen LogP contribution in [0.5, 0.6) is 5.75 Å². The molecule has 0 aliphatic carbocycles. The lowest BCUT2D eigenvalue weighted by Gasteiger charge is -2.29. The summed E-state index contributed by atoms with van der Waals surface area (Å²) in [5, 5.41) is 9.18. The Morgan fingerprint density at radius 3 is 2.38 bits per heavy atom. The minimum absolute atomic E-state index is 0.0570. The third kappa shape index (κ3) is 2.16. The molecule has 1 amide bonds. The molecule has 0 atom stereocenters. The summed E-state index contributed by atoms with van der Waals surface area (Å²) >= 11 is 0. The molecule has 2 rings (SSSR count). The fraction of sp³-hybridized carbons (Fsp3) is 0.250. The largest absolute Gasteiger partial charge is 0.508 e. The van der Waals surface area contributed by atoms with Crippen LogP contribution >= 0.6 is 0 Å². The number of hydrogen-bond acceptors (Lipinski definition) is 3. The molecule has 0 radical (unpaired) electrons. The van der Waals surface area contributed by atoms with E-state index in [1.165, 1.54) is 0 Å². The molecule has 1 aromatic rings. The van der Waals surface area contributed by atoms with Crippen LogP contribution in [0, 0.1) is 0 Å². The van der Waals surface area contributed by atoms with Crippen LogP contribution in [0.1, 0.15) is 6.92 Å². The second-order valence-electron chi connectivity index (χ2n) is 3.72. The van der Waals surface area contributed by atoms with Crippen molar-refractivity contribution in [2.45, 2.75) is 6.92 Å². The third-order valence-corrected chi connectivity index (χ3v) is 2.59. The number of anilines is 1. The van der Waals surface area contributed by atoms with Crippen LogP contribution in [0.25, 0.3) is 0 Å². The zero-order valence-electron chi connectivity index (χ0n) is 9.13. The average Bonchev–Trinajstić information content (AvgIpc) is 2.30. The van der Waals surface area contributed by atoms with Crippen molar-refractivity contribution in [1.82, 2.24) is 4.90 Å². The lowest BCUT2D eigenvalue weighted by Crippen LogP contribution is -2.36.